The van der Waals surface area contributed by atoms with Gasteiger partial charge in [-0.15, -0.1) is 5.10 Å². The van der Waals surface area contributed by atoms with Crippen LogP contribution in [0, 0.1) is 11.7 Å². The van der Waals surface area contributed by atoms with Crippen molar-refractivity contribution in [2.75, 3.05) is 25.0 Å². The number of piperidine rings is 1. The summed E-state index contributed by atoms with van der Waals surface area (Å²) in [6.07, 6.45) is 1.07. The van der Waals surface area contributed by atoms with Crippen LogP contribution in [-0.2, 0) is 0 Å². The van der Waals surface area contributed by atoms with Gasteiger partial charge in [0.2, 0.25) is 5.95 Å². The topological polar surface area (TPSA) is 54.8 Å². The molecule has 0 amide bonds. The van der Waals surface area contributed by atoms with Crippen LogP contribution >= 0.6 is 0 Å². The Morgan fingerprint density at radius 1 is 1.20 bits per heavy atom. The van der Waals surface area contributed by atoms with Crippen LogP contribution in [0.1, 0.15) is 12.5 Å². The summed E-state index contributed by atoms with van der Waals surface area (Å²) in [5.41, 5.74) is 0.848. The lowest BCUT2D eigenvalue weighted by Gasteiger charge is -2.36. The summed E-state index contributed by atoms with van der Waals surface area (Å²) in [7, 11) is 0. The van der Waals surface area contributed by atoms with Crippen LogP contribution in [0.5, 0.6) is 0 Å². The SMILES string of the molecule is Fc1ccc(-c2nc3n(n2)C2CCNCC2CN3)cc1. The first-order valence-electron chi connectivity index (χ1n) is 6.98. The molecule has 20 heavy (non-hydrogen) atoms. The first-order valence-corrected chi connectivity index (χ1v) is 6.98. The van der Waals surface area contributed by atoms with Crippen LogP contribution < -0.4 is 10.6 Å². The van der Waals surface area contributed by atoms with Gasteiger partial charge in [-0.05, 0) is 37.2 Å². The van der Waals surface area contributed by atoms with Crippen molar-refractivity contribution in [1.82, 2.24) is 20.1 Å². The molecule has 1 fully saturated rings. The van der Waals surface area contributed by atoms with Crippen LogP contribution in [0.2, 0.25) is 0 Å². The smallest absolute Gasteiger partial charge is 0.221 e. The number of nitrogens with one attached hydrogen (secondary N) is 2. The summed E-state index contributed by atoms with van der Waals surface area (Å²) in [5.74, 6) is 1.80. The van der Waals surface area contributed by atoms with Gasteiger partial charge in [-0.1, -0.05) is 0 Å². The molecule has 2 aliphatic rings. The van der Waals surface area contributed by atoms with E-state index in [1.54, 1.807) is 12.1 Å². The molecule has 2 aromatic rings. The highest BCUT2D eigenvalue weighted by molar-refractivity contribution is 5.56. The van der Waals surface area contributed by atoms with Gasteiger partial charge in [0.15, 0.2) is 5.82 Å². The largest absolute Gasteiger partial charge is 0.354 e. The van der Waals surface area contributed by atoms with Crippen LogP contribution in [0.4, 0.5) is 10.3 Å². The van der Waals surface area contributed by atoms with E-state index in [4.69, 9.17) is 0 Å². The summed E-state index contributed by atoms with van der Waals surface area (Å²) in [4.78, 5) is 4.54. The van der Waals surface area contributed by atoms with E-state index in [1.165, 1.54) is 12.1 Å². The number of anilines is 1. The molecule has 1 saturated heterocycles. The maximum absolute atomic E-state index is 13.0. The zero-order chi connectivity index (χ0) is 13.5. The minimum atomic E-state index is -0.241. The molecular formula is C14H16FN5. The Morgan fingerprint density at radius 2 is 2.05 bits per heavy atom. The van der Waals surface area contributed by atoms with Gasteiger partial charge in [0.1, 0.15) is 5.82 Å². The highest BCUT2D eigenvalue weighted by Gasteiger charge is 2.33. The van der Waals surface area contributed by atoms with Crippen molar-refractivity contribution >= 4 is 5.95 Å². The average molecular weight is 273 g/mol. The quantitative estimate of drug-likeness (QED) is 0.829. The number of fused-ring (bicyclic) bond motifs is 3. The van der Waals surface area contributed by atoms with Gasteiger partial charge in [0, 0.05) is 24.6 Å². The molecular weight excluding hydrogens is 257 g/mol. The molecule has 0 spiro atoms. The molecule has 2 atom stereocenters. The van der Waals surface area contributed by atoms with E-state index < -0.39 is 0 Å². The summed E-state index contributed by atoms with van der Waals surface area (Å²) >= 11 is 0. The number of nitrogens with zero attached hydrogens (tertiary/aromatic N) is 3. The molecule has 0 aliphatic carbocycles. The van der Waals surface area contributed by atoms with Crippen LogP contribution in [0.15, 0.2) is 24.3 Å². The Bertz CT molecular complexity index is 621. The van der Waals surface area contributed by atoms with Gasteiger partial charge in [0.25, 0.3) is 0 Å². The summed E-state index contributed by atoms with van der Waals surface area (Å²) in [6, 6.07) is 6.73. The van der Waals surface area contributed by atoms with E-state index in [2.05, 4.69) is 20.7 Å². The predicted octanol–water partition coefficient (Wildman–Crippen LogP) is 1.66. The minimum Gasteiger partial charge on any atom is -0.354 e. The molecule has 4 rings (SSSR count). The highest BCUT2D eigenvalue weighted by atomic mass is 19.1. The molecule has 1 aromatic heterocycles. The van der Waals surface area contributed by atoms with Crippen LogP contribution in [0.3, 0.4) is 0 Å². The van der Waals surface area contributed by atoms with E-state index in [9.17, 15) is 4.39 Å². The van der Waals surface area contributed by atoms with Gasteiger partial charge in [-0.2, -0.15) is 4.98 Å². The Morgan fingerprint density at radius 3 is 2.90 bits per heavy atom. The van der Waals surface area contributed by atoms with Crippen LogP contribution in [0.25, 0.3) is 11.4 Å². The van der Waals surface area contributed by atoms with Crippen molar-refractivity contribution in [3.63, 3.8) is 0 Å². The zero-order valence-electron chi connectivity index (χ0n) is 11.0. The Kier molecular flexibility index (Phi) is 2.70. The second-order valence-corrected chi connectivity index (χ2v) is 5.41. The number of benzene rings is 1. The van der Waals surface area contributed by atoms with Crippen molar-refractivity contribution < 1.29 is 4.39 Å². The molecule has 104 valence electrons. The third kappa shape index (κ3) is 1.87. The van der Waals surface area contributed by atoms with Crippen molar-refractivity contribution in [2.45, 2.75) is 12.5 Å². The normalized spacial score (nSPS) is 24.6. The van der Waals surface area contributed by atoms with Gasteiger partial charge in [0.05, 0.1) is 6.04 Å². The lowest BCUT2D eigenvalue weighted by Crippen LogP contribution is -2.44. The standard InChI is InChI=1S/C14H16FN5/c15-11-3-1-9(2-4-11)13-18-14-17-8-10-7-16-6-5-12(10)20(14)19-13/h1-4,10,12,16H,5-8H2,(H,17,18,19). The van der Waals surface area contributed by atoms with Gasteiger partial charge in [-0.3, -0.25) is 0 Å². The third-order valence-corrected chi connectivity index (χ3v) is 4.14. The maximum atomic E-state index is 13.0. The molecule has 2 aliphatic heterocycles. The average Bonchev–Trinajstić information content (AvgIpc) is 2.92. The van der Waals surface area contributed by atoms with Gasteiger partial charge >= 0.3 is 0 Å². The Hall–Kier alpha value is -1.95. The molecule has 6 heteroatoms. The molecule has 2 unspecified atom stereocenters. The predicted molar refractivity (Wildman–Crippen MR) is 73.9 cm³/mol. The second kappa shape index (κ2) is 4.56. The first kappa shape index (κ1) is 11.8. The summed E-state index contributed by atoms with van der Waals surface area (Å²) in [6.45, 7) is 2.97. The molecule has 0 bridgehead atoms. The zero-order valence-corrected chi connectivity index (χ0v) is 11.0. The number of rotatable bonds is 1. The van der Waals surface area contributed by atoms with E-state index in [-0.39, 0.29) is 5.82 Å². The summed E-state index contributed by atoms with van der Waals surface area (Å²) < 4.78 is 15.0. The number of hydrogen-bond acceptors (Lipinski definition) is 4. The fourth-order valence-electron chi connectivity index (χ4n) is 3.06. The maximum Gasteiger partial charge on any atom is 0.221 e. The van der Waals surface area contributed by atoms with E-state index in [0.29, 0.717) is 17.8 Å². The number of aromatic nitrogens is 3. The monoisotopic (exact) mass is 273 g/mol. The van der Waals surface area contributed by atoms with Crippen molar-refractivity contribution in [1.29, 1.82) is 0 Å². The van der Waals surface area contributed by atoms with Gasteiger partial charge in [-0.25, -0.2) is 9.07 Å². The van der Waals surface area contributed by atoms with E-state index >= 15 is 0 Å². The lowest BCUT2D eigenvalue weighted by atomic mass is 9.92. The number of halogens is 1. The fraction of sp³-hybridized carbons (Fsp3) is 0.429. The Labute approximate surface area is 116 Å². The third-order valence-electron chi connectivity index (χ3n) is 4.14. The molecule has 0 radical (unpaired) electrons. The van der Waals surface area contributed by atoms with E-state index in [0.717, 1.165) is 37.6 Å². The molecule has 1 aromatic carbocycles. The fourth-order valence-corrected chi connectivity index (χ4v) is 3.06. The molecule has 2 N–H and O–H groups in total. The molecule has 5 nitrogen and oxygen atoms in total. The van der Waals surface area contributed by atoms with E-state index in [1.807, 2.05) is 4.68 Å². The van der Waals surface area contributed by atoms with Crippen LogP contribution in [-0.4, -0.2) is 34.4 Å². The minimum absolute atomic E-state index is 0.241. The molecule has 0 saturated carbocycles. The Balaban J connectivity index is 1.71. The van der Waals surface area contributed by atoms with Gasteiger partial charge < -0.3 is 10.6 Å². The summed E-state index contributed by atoms with van der Waals surface area (Å²) in [5, 5.41) is 11.4. The number of hydrogen-bond donors (Lipinski definition) is 2. The lowest BCUT2D eigenvalue weighted by molar-refractivity contribution is 0.237. The first-order chi connectivity index (χ1) is 9.81. The van der Waals surface area contributed by atoms with Crippen molar-refractivity contribution in [3.8, 4) is 11.4 Å². The highest BCUT2D eigenvalue weighted by Crippen LogP contribution is 2.32. The molecule has 3 heterocycles. The van der Waals surface area contributed by atoms with Crippen molar-refractivity contribution in [3.05, 3.63) is 30.1 Å². The second-order valence-electron chi connectivity index (χ2n) is 5.41. The van der Waals surface area contributed by atoms with Crippen molar-refractivity contribution in [2.24, 2.45) is 5.92 Å².